The Labute approximate surface area is 88.0 Å². The number of hydrogen-bond acceptors (Lipinski definition) is 5. The van der Waals surface area contributed by atoms with E-state index in [0.29, 0.717) is 6.54 Å². The van der Waals surface area contributed by atoms with Crippen LogP contribution >= 0.6 is 0 Å². The van der Waals surface area contributed by atoms with E-state index in [1.165, 1.54) is 0 Å². The number of likely N-dealkylation sites (N-methyl/N-ethyl adjacent to an activating group) is 1. The fourth-order valence-electron chi connectivity index (χ4n) is 0.978. The van der Waals surface area contributed by atoms with Crippen LogP contribution in [0.5, 0.6) is 0 Å². The molecule has 1 aromatic heterocycles. The Kier molecular flexibility index (Phi) is 4.04. The van der Waals surface area contributed by atoms with E-state index in [9.17, 15) is 4.79 Å². The van der Waals surface area contributed by atoms with Crippen LogP contribution in [0, 0.1) is 0 Å². The van der Waals surface area contributed by atoms with Crippen LogP contribution in [0.3, 0.4) is 0 Å². The minimum absolute atomic E-state index is 0.0748. The first-order valence-corrected chi connectivity index (χ1v) is 4.78. The van der Waals surface area contributed by atoms with Gasteiger partial charge >= 0.3 is 0 Å². The summed E-state index contributed by atoms with van der Waals surface area (Å²) < 4.78 is 0. The van der Waals surface area contributed by atoms with Crippen molar-refractivity contribution in [2.45, 2.75) is 6.92 Å². The molecule has 1 amide bonds. The maximum absolute atomic E-state index is 11.4. The fraction of sp³-hybridized carbons (Fsp3) is 0.625. The zero-order valence-electron chi connectivity index (χ0n) is 8.95. The van der Waals surface area contributed by atoms with Crippen LogP contribution in [0.1, 0.15) is 17.5 Å². The number of amides is 1. The molecule has 0 saturated carbocycles. The second-order valence-corrected chi connectivity index (χ2v) is 3.19. The quantitative estimate of drug-likeness (QED) is 0.585. The van der Waals surface area contributed by atoms with Crippen molar-refractivity contribution in [3.63, 3.8) is 0 Å². The van der Waals surface area contributed by atoms with Gasteiger partial charge in [-0.15, -0.1) is 5.10 Å². The molecule has 84 valence electrons. The summed E-state index contributed by atoms with van der Waals surface area (Å²) in [5, 5.41) is 8.72. The molecule has 0 spiro atoms. The zero-order chi connectivity index (χ0) is 11.3. The summed E-state index contributed by atoms with van der Waals surface area (Å²) in [5.41, 5.74) is 5.27. The number of nitrogens with two attached hydrogens (primary N) is 1. The van der Waals surface area contributed by atoms with Crippen molar-refractivity contribution in [2.75, 3.05) is 32.4 Å². The summed E-state index contributed by atoms with van der Waals surface area (Å²) in [7, 11) is 1.98. The molecule has 1 rings (SSSR count). The molecular weight excluding hydrogens is 196 g/mol. The number of nitrogen functional groups attached to an aromatic ring is 1. The van der Waals surface area contributed by atoms with E-state index < -0.39 is 0 Å². The van der Waals surface area contributed by atoms with Gasteiger partial charge in [-0.2, -0.15) is 4.98 Å². The molecule has 0 radical (unpaired) electrons. The number of H-pyrrole nitrogens is 1. The monoisotopic (exact) mass is 212 g/mol. The normalized spacial score (nSPS) is 10.6. The molecule has 0 aliphatic rings. The van der Waals surface area contributed by atoms with E-state index in [1.54, 1.807) is 0 Å². The Balaban J connectivity index is 2.31. The van der Waals surface area contributed by atoms with Gasteiger partial charge in [-0.05, 0) is 13.6 Å². The Morgan fingerprint density at radius 1 is 1.67 bits per heavy atom. The number of hydrogen-bond donors (Lipinski definition) is 3. The number of aromatic nitrogens is 3. The highest BCUT2D eigenvalue weighted by atomic mass is 16.2. The van der Waals surface area contributed by atoms with Crippen molar-refractivity contribution in [1.82, 2.24) is 25.4 Å². The first-order valence-electron chi connectivity index (χ1n) is 4.78. The van der Waals surface area contributed by atoms with E-state index in [1.807, 2.05) is 7.05 Å². The number of anilines is 1. The van der Waals surface area contributed by atoms with Gasteiger partial charge in [-0.1, -0.05) is 6.92 Å². The van der Waals surface area contributed by atoms with E-state index in [2.05, 4.69) is 32.3 Å². The SMILES string of the molecule is CCN(C)CCNC(=O)c1nc(N)n[nH]1. The van der Waals surface area contributed by atoms with Crippen LogP contribution in [-0.2, 0) is 0 Å². The topological polar surface area (TPSA) is 99.9 Å². The number of carbonyl (C=O) groups excluding carboxylic acids is 1. The van der Waals surface area contributed by atoms with Gasteiger partial charge < -0.3 is 16.0 Å². The Morgan fingerprint density at radius 2 is 2.40 bits per heavy atom. The summed E-state index contributed by atoms with van der Waals surface area (Å²) in [6, 6.07) is 0. The summed E-state index contributed by atoms with van der Waals surface area (Å²) in [4.78, 5) is 17.2. The van der Waals surface area contributed by atoms with Crippen LogP contribution in [0.25, 0.3) is 0 Å². The predicted octanol–water partition coefficient (Wildman–Crippen LogP) is -0.932. The molecule has 15 heavy (non-hydrogen) atoms. The lowest BCUT2D eigenvalue weighted by Crippen LogP contribution is -2.33. The second kappa shape index (κ2) is 5.30. The number of nitrogens with one attached hydrogen (secondary N) is 2. The highest BCUT2D eigenvalue weighted by Crippen LogP contribution is 1.91. The summed E-state index contributed by atoms with van der Waals surface area (Å²) in [6.45, 7) is 4.37. The van der Waals surface area contributed by atoms with E-state index in [0.717, 1.165) is 13.1 Å². The van der Waals surface area contributed by atoms with Crippen LogP contribution in [0.4, 0.5) is 5.95 Å². The highest BCUT2D eigenvalue weighted by Gasteiger charge is 2.09. The van der Waals surface area contributed by atoms with Crippen molar-refractivity contribution < 1.29 is 4.79 Å². The molecule has 7 nitrogen and oxygen atoms in total. The van der Waals surface area contributed by atoms with Crippen molar-refractivity contribution in [3.8, 4) is 0 Å². The first-order chi connectivity index (χ1) is 7.13. The molecule has 0 unspecified atom stereocenters. The third-order valence-corrected chi connectivity index (χ3v) is 2.04. The Morgan fingerprint density at radius 3 is 2.93 bits per heavy atom. The maximum atomic E-state index is 11.4. The number of nitrogens with zero attached hydrogens (tertiary/aromatic N) is 3. The van der Waals surface area contributed by atoms with Gasteiger partial charge in [-0.3, -0.25) is 9.89 Å². The number of aromatic amines is 1. The summed E-state index contributed by atoms with van der Waals surface area (Å²) >= 11 is 0. The molecule has 7 heteroatoms. The number of carbonyl (C=O) groups is 1. The second-order valence-electron chi connectivity index (χ2n) is 3.19. The Bertz CT molecular complexity index is 323. The number of rotatable bonds is 5. The lowest BCUT2D eigenvalue weighted by atomic mass is 10.5. The molecule has 0 saturated heterocycles. The Hall–Kier alpha value is -1.63. The smallest absolute Gasteiger partial charge is 0.288 e. The lowest BCUT2D eigenvalue weighted by Gasteiger charge is -2.13. The molecule has 0 aliphatic heterocycles. The van der Waals surface area contributed by atoms with E-state index >= 15 is 0 Å². The average Bonchev–Trinajstić information content (AvgIpc) is 2.64. The third-order valence-electron chi connectivity index (χ3n) is 2.04. The molecule has 1 heterocycles. The summed E-state index contributed by atoms with van der Waals surface area (Å²) in [6.07, 6.45) is 0. The summed E-state index contributed by atoms with van der Waals surface area (Å²) in [5.74, 6) is -0.0684. The van der Waals surface area contributed by atoms with Crippen molar-refractivity contribution in [1.29, 1.82) is 0 Å². The standard InChI is InChI=1S/C8H16N6O/c1-3-14(2)5-4-10-7(15)6-11-8(9)13-12-6/h3-5H2,1-2H3,(H,10,15)(H3,9,11,12,13). The van der Waals surface area contributed by atoms with Crippen molar-refractivity contribution in [2.24, 2.45) is 0 Å². The molecule has 0 bridgehead atoms. The van der Waals surface area contributed by atoms with Gasteiger partial charge in [0.2, 0.25) is 11.8 Å². The van der Waals surface area contributed by atoms with E-state index in [4.69, 9.17) is 5.73 Å². The van der Waals surface area contributed by atoms with Gasteiger partial charge in [0, 0.05) is 13.1 Å². The van der Waals surface area contributed by atoms with Crippen LogP contribution in [0.15, 0.2) is 0 Å². The molecule has 4 N–H and O–H groups in total. The lowest BCUT2D eigenvalue weighted by molar-refractivity contribution is 0.0940. The minimum atomic E-state index is -0.288. The molecular formula is C8H16N6O. The van der Waals surface area contributed by atoms with Gasteiger partial charge in [0.1, 0.15) is 0 Å². The van der Waals surface area contributed by atoms with Gasteiger partial charge in [0.05, 0.1) is 0 Å². The van der Waals surface area contributed by atoms with Gasteiger partial charge in [-0.25, -0.2) is 0 Å². The van der Waals surface area contributed by atoms with Crippen molar-refractivity contribution >= 4 is 11.9 Å². The van der Waals surface area contributed by atoms with Crippen LogP contribution < -0.4 is 11.1 Å². The predicted molar refractivity (Wildman–Crippen MR) is 56.3 cm³/mol. The van der Waals surface area contributed by atoms with Crippen LogP contribution in [0.2, 0.25) is 0 Å². The maximum Gasteiger partial charge on any atom is 0.288 e. The zero-order valence-corrected chi connectivity index (χ0v) is 8.95. The third kappa shape index (κ3) is 3.55. The van der Waals surface area contributed by atoms with Gasteiger partial charge in [0.15, 0.2) is 0 Å². The largest absolute Gasteiger partial charge is 0.366 e. The fourth-order valence-corrected chi connectivity index (χ4v) is 0.978. The molecule has 0 aliphatic carbocycles. The average molecular weight is 212 g/mol. The molecule has 0 atom stereocenters. The molecule has 1 aromatic rings. The van der Waals surface area contributed by atoms with Crippen molar-refractivity contribution in [3.05, 3.63) is 5.82 Å². The van der Waals surface area contributed by atoms with Crippen LogP contribution in [-0.4, -0.2) is 52.7 Å². The van der Waals surface area contributed by atoms with E-state index in [-0.39, 0.29) is 17.7 Å². The molecule has 0 fully saturated rings. The minimum Gasteiger partial charge on any atom is -0.366 e. The highest BCUT2D eigenvalue weighted by molar-refractivity contribution is 5.90. The first kappa shape index (κ1) is 11.4. The molecule has 0 aromatic carbocycles. The van der Waals surface area contributed by atoms with Gasteiger partial charge in [0.25, 0.3) is 5.91 Å².